The Morgan fingerprint density at radius 1 is 1.19 bits per heavy atom. The number of nitro groups is 1. The summed E-state index contributed by atoms with van der Waals surface area (Å²) in [5, 5.41) is 10.8. The summed E-state index contributed by atoms with van der Waals surface area (Å²) in [4.78, 5) is 33.9. The molecule has 0 aliphatic carbocycles. The molecule has 10 heteroatoms. The lowest BCUT2D eigenvalue weighted by atomic mass is 10.1. The number of nitrogens with zero attached hydrogens (tertiary/aromatic N) is 2. The third-order valence-corrected chi connectivity index (χ3v) is 4.57. The number of halogens is 3. The molecule has 0 spiro atoms. The summed E-state index contributed by atoms with van der Waals surface area (Å²) in [5.74, 6) is -0.850. The Balaban J connectivity index is 2.01. The molecule has 0 radical (unpaired) electrons. The summed E-state index contributed by atoms with van der Waals surface area (Å²) < 4.78 is 40.0. The second kappa shape index (κ2) is 6.80. The Bertz CT molecular complexity index is 1150. The highest BCUT2D eigenvalue weighted by molar-refractivity contribution is 7.16. The largest absolute Gasteiger partial charge is 0.416 e. The van der Waals surface area contributed by atoms with Crippen molar-refractivity contribution in [1.82, 2.24) is 4.57 Å². The number of nitro benzene ring substituents is 1. The van der Waals surface area contributed by atoms with E-state index in [2.05, 4.69) is 0 Å². The molecule has 0 saturated heterocycles. The molecular formula is C17H9F3N2O4S. The first-order valence-corrected chi connectivity index (χ1v) is 8.19. The molecular weight excluding hydrogens is 385 g/mol. The number of fused-ring (bicyclic) bond motifs is 1. The number of alkyl halides is 3. The molecule has 27 heavy (non-hydrogen) atoms. The lowest BCUT2D eigenvalue weighted by Crippen LogP contribution is -2.19. The minimum absolute atomic E-state index is 0.148. The first-order valence-electron chi connectivity index (χ1n) is 7.37. The van der Waals surface area contributed by atoms with E-state index in [4.69, 9.17) is 0 Å². The number of aromatic nitrogens is 1. The number of thiazole rings is 1. The fourth-order valence-corrected chi connectivity index (χ4v) is 3.38. The van der Waals surface area contributed by atoms with E-state index in [9.17, 15) is 32.9 Å². The van der Waals surface area contributed by atoms with Gasteiger partial charge in [-0.2, -0.15) is 13.2 Å². The molecule has 0 aliphatic heterocycles. The quantitative estimate of drug-likeness (QED) is 0.376. The van der Waals surface area contributed by atoms with Gasteiger partial charge in [0.25, 0.3) is 11.6 Å². The second-order valence-corrected chi connectivity index (χ2v) is 6.36. The van der Waals surface area contributed by atoms with E-state index in [-0.39, 0.29) is 21.5 Å². The molecule has 0 bridgehead atoms. The molecule has 6 nitrogen and oxygen atoms in total. The molecule has 0 unspecified atom stereocenters. The summed E-state index contributed by atoms with van der Waals surface area (Å²) >= 11 is 0.636. The molecule has 3 aromatic rings. The predicted molar refractivity (Wildman–Crippen MR) is 93.8 cm³/mol. The van der Waals surface area contributed by atoms with Crippen molar-refractivity contribution < 1.29 is 22.9 Å². The fraction of sp³-hybridized carbons (Fsp3) is 0.0588. The molecule has 1 aromatic heterocycles. The van der Waals surface area contributed by atoms with Crippen molar-refractivity contribution in [3.63, 3.8) is 0 Å². The van der Waals surface area contributed by atoms with Crippen LogP contribution in [0.15, 0.2) is 53.3 Å². The van der Waals surface area contributed by atoms with E-state index >= 15 is 0 Å². The topological polar surface area (TPSA) is 82.2 Å². The molecule has 3 rings (SSSR count). The Labute approximate surface area is 152 Å². The highest BCUT2D eigenvalue weighted by Crippen LogP contribution is 2.32. The van der Waals surface area contributed by atoms with Crippen molar-refractivity contribution in [1.29, 1.82) is 0 Å². The fourth-order valence-electron chi connectivity index (χ4n) is 2.47. The van der Waals surface area contributed by atoms with Gasteiger partial charge in [-0.15, -0.1) is 0 Å². The van der Waals surface area contributed by atoms with Crippen LogP contribution in [0.5, 0.6) is 0 Å². The Hall–Kier alpha value is -3.27. The Morgan fingerprint density at radius 2 is 1.89 bits per heavy atom. The first kappa shape index (κ1) is 18.5. The van der Waals surface area contributed by atoms with Gasteiger partial charge in [0.2, 0.25) is 0 Å². The van der Waals surface area contributed by atoms with Crippen LogP contribution in [-0.2, 0) is 6.18 Å². The van der Waals surface area contributed by atoms with Gasteiger partial charge < -0.3 is 0 Å². The van der Waals surface area contributed by atoms with E-state index in [1.807, 2.05) is 0 Å². The zero-order chi connectivity index (χ0) is 19.8. The number of carbonyl (C=O) groups excluding carboxylic acids is 1. The number of rotatable bonds is 3. The smallest absolute Gasteiger partial charge is 0.269 e. The van der Waals surface area contributed by atoms with Gasteiger partial charge in [0.05, 0.1) is 20.7 Å². The minimum atomic E-state index is -4.59. The number of benzene rings is 2. The summed E-state index contributed by atoms with van der Waals surface area (Å²) in [6, 6.07) is 8.26. The molecule has 0 fully saturated rings. The third-order valence-electron chi connectivity index (χ3n) is 3.67. The van der Waals surface area contributed by atoms with Gasteiger partial charge in [0, 0.05) is 18.2 Å². The normalized spacial score (nSPS) is 12.0. The van der Waals surface area contributed by atoms with Gasteiger partial charge in [0.15, 0.2) is 0 Å². The molecule has 1 heterocycles. The van der Waals surface area contributed by atoms with Gasteiger partial charge in [-0.3, -0.25) is 19.7 Å². The minimum Gasteiger partial charge on any atom is -0.269 e. The van der Waals surface area contributed by atoms with Crippen LogP contribution in [0.4, 0.5) is 18.9 Å². The maximum atomic E-state index is 13.0. The van der Waals surface area contributed by atoms with Crippen molar-refractivity contribution in [2.24, 2.45) is 0 Å². The van der Waals surface area contributed by atoms with Crippen LogP contribution < -0.4 is 4.87 Å². The van der Waals surface area contributed by atoms with Crippen LogP contribution in [0.1, 0.15) is 15.9 Å². The average Bonchev–Trinajstić information content (AvgIpc) is 2.94. The predicted octanol–water partition coefficient (Wildman–Crippen LogP) is 4.34. The molecule has 0 saturated carbocycles. The number of hydrogen-bond acceptors (Lipinski definition) is 5. The van der Waals surface area contributed by atoms with Gasteiger partial charge in [-0.25, -0.2) is 4.57 Å². The SMILES string of the molecule is O=C(C=Cc1ccccc1C(F)(F)F)n1c(=O)sc2cc([N+](=O)[O-])ccc21. The highest BCUT2D eigenvalue weighted by atomic mass is 32.1. The molecule has 0 atom stereocenters. The van der Waals surface area contributed by atoms with Gasteiger partial charge >= 0.3 is 11.0 Å². The van der Waals surface area contributed by atoms with E-state index in [0.717, 1.165) is 34.9 Å². The number of allylic oxidation sites excluding steroid dienone is 1. The molecule has 2 aromatic carbocycles. The summed E-state index contributed by atoms with van der Waals surface area (Å²) in [6.45, 7) is 0. The molecule has 0 aliphatic rings. The number of carbonyl (C=O) groups is 1. The average molecular weight is 394 g/mol. The highest BCUT2D eigenvalue weighted by Gasteiger charge is 2.32. The third kappa shape index (κ3) is 3.65. The molecule has 138 valence electrons. The van der Waals surface area contributed by atoms with Crippen LogP contribution in [0, 0.1) is 10.1 Å². The van der Waals surface area contributed by atoms with Gasteiger partial charge in [-0.1, -0.05) is 29.5 Å². The van der Waals surface area contributed by atoms with Gasteiger partial charge in [-0.05, 0) is 23.8 Å². The van der Waals surface area contributed by atoms with Crippen LogP contribution in [0.25, 0.3) is 16.3 Å². The monoisotopic (exact) mass is 394 g/mol. The Kier molecular flexibility index (Phi) is 4.66. The van der Waals surface area contributed by atoms with Gasteiger partial charge in [0.1, 0.15) is 0 Å². The van der Waals surface area contributed by atoms with E-state index in [1.165, 1.54) is 24.3 Å². The number of hydrogen-bond donors (Lipinski definition) is 0. The maximum Gasteiger partial charge on any atom is 0.416 e. The zero-order valence-corrected chi connectivity index (χ0v) is 14.1. The van der Waals surface area contributed by atoms with Crippen LogP contribution in [0.2, 0.25) is 0 Å². The van der Waals surface area contributed by atoms with Crippen LogP contribution in [0.3, 0.4) is 0 Å². The van der Waals surface area contributed by atoms with Crippen molar-refractivity contribution in [2.75, 3.05) is 0 Å². The first-order chi connectivity index (χ1) is 12.7. The van der Waals surface area contributed by atoms with E-state index in [0.29, 0.717) is 11.3 Å². The summed E-state index contributed by atoms with van der Waals surface area (Å²) in [5.41, 5.74) is -1.22. The van der Waals surface area contributed by atoms with Crippen LogP contribution in [-0.4, -0.2) is 15.4 Å². The lowest BCUT2D eigenvalue weighted by Gasteiger charge is -2.09. The second-order valence-electron chi connectivity index (χ2n) is 5.37. The standard InChI is InChI=1S/C17H9F3N2O4S/c18-17(19,20)12-4-2-1-3-10(12)5-8-15(23)21-13-7-6-11(22(25)26)9-14(13)27-16(21)24/h1-9H. The van der Waals surface area contributed by atoms with Crippen molar-refractivity contribution >= 4 is 39.2 Å². The number of non-ortho nitro benzene ring substituents is 1. The van der Waals surface area contributed by atoms with E-state index in [1.54, 1.807) is 0 Å². The molecule has 0 amide bonds. The summed E-state index contributed by atoms with van der Waals surface area (Å²) in [6.07, 6.45) is -2.75. The Morgan fingerprint density at radius 3 is 2.56 bits per heavy atom. The maximum absolute atomic E-state index is 13.0. The zero-order valence-electron chi connectivity index (χ0n) is 13.3. The lowest BCUT2D eigenvalue weighted by molar-refractivity contribution is -0.384. The molecule has 0 N–H and O–H groups in total. The van der Waals surface area contributed by atoms with Crippen molar-refractivity contribution in [3.05, 3.63) is 79.4 Å². The van der Waals surface area contributed by atoms with Crippen LogP contribution >= 0.6 is 11.3 Å². The van der Waals surface area contributed by atoms with E-state index < -0.39 is 27.4 Å². The van der Waals surface area contributed by atoms with Crippen molar-refractivity contribution in [2.45, 2.75) is 6.18 Å². The van der Waals surface area contributed by atoms with Crippen molar-refractivity contribution in [3.8, 4) is 0 Å². The summed E-state index contributed by atoms with van der Waals surface area (Å²) in [7, 11) is 0.